The Hall–Kier alpha value is -1.14. The van der Waals surface area contributed by atoms with Crippen LogP contribution in [0.15, 0.2) is 18.2 Å². The zero-order valence-corrected chi connectivity index (χ0v) is 12.3. The van der Waals surface area contributed by atoms with E-state index < -0.39 is 21.1 Å². The quantitative estimate of drug-likeness (QED) is 0.757. The van der Waals surface area contributed by atoms with E-state index in [2.05, 4.69) is 10.0 Å². The number of sulfonamides is 1. The van der Waals surface area contributed by atoms with Crippen LogP contribution in [0.5, 0.6) is 0 Å². The van der Waals surface area contributed by atoms with Gasteiger partial charge in [-0.25, -0.2) is 12.8 Å². The van der Waals surface area contributed by atoms with E-state index in [4.69, 9.17) is 0 Å². The number of nitrogens with one attached hydrogen (secondary N) is 2. The first-order valence-corrected chi connectivity index (χ1v) is 7.90. The summed E-state index contributed by atoms with van der Waals surface area (Å²) in [5.74, 6) is -0.558. The van der Waals surface area contributed by atoms with Crippen molar-refractivity contribution in [1.82, 2.24) is 5.32 Å². The number of benzene rings is 1. The first-order valence-electron chi connectivity index (χ1n) is 6.35. The van der Waals surface area contributed by atoms with Gasteiger partial charge in [0.2, 0.25) is 10.0 Å². The molecule has 1 aromatic carbocycles. The van der Waals surface area contributed by atoms with Crippen LogP contribution < -0.4 is 10.0 Å². The van der Waals surface area contributed by atoms with E-state index in [-0.39, 0.29) is 5.69 Å². The van der Waals surface area contributed by atoms with Crippen molar-refractivity contribution in [3.63, 3.8) is 0 Å². The third-order valence-electron chi connectivity index (χ3n) is 2.77. The summed E-state index contributed by atoms with van der Waals surface area (Å²) in [6.45, 7) is 6.46. The zero-order chi connectivity index (χ0) is 14.5. The minimum Gasteiger partial charge on any atom is -0.315 e. The maximum Gasteiger partial charge on any atom is 0.236 e. The molecule has 0 aliphatic carbocycles. The van der Waals surface area contributed by atoms with Crippen molar-refractivity contribution in [3.05, 3.63) is 29.6 Å². The molecule has 0 radical (unpaired) electrons. The predicted octanol–water partition coefficient (Wildman–Crippen LogP) is 2.26. The van der Waals surface area contributed by atoms with E-state index in [1.165, 1.54) is 12.1 Å². The molecular formula is C13H21FN2O2S. The first kappa shape index (κ1) is 15.9. The molecule has 0 spiro atoms. The van der Waals surface area contributed by atoms with Gasteiger partial charge in [0.15, 0.2) is 0 Å². The molecular weight excluding hydrogens is 267 g/mol. The van der Waals surface area contributed by atoms with E-state index in [1.54, 1.807) is 19.9 Å². The van der Waals surface area contributed by atoms with Crippen LogP contribution >= 0.6 is 0 Å². The fourth-order valence-electron chi connectivity index (χ4n) is 1.55. The average Bonchev–Trinajstić information content (AvgIpc) is 2.33. The smallest absolute Gasteiger partial charge is 0.236 e. The van der Waals surface area contributed by atoms with Crippen LogP contribution in [0.4, 0.5) is 10.1 Å². The van der Waals surface area contributed by atoms with E-state index in [1.807, 2.05) is 6.92 Å². The molecule has 0 bridgehead atoms. The Balaban J connectivity index is 2.73. The second kappa shape index (κ2) is 6.86. The Morgan fingerprint density at radius 1 is 1.37 bits per heavy atom. The molecule has 0 aliphatic rings. The van der Waals surface area contributed by atoms with Crippen molar-refractivity contribution in [2.24, 2.45) is 0 Å². The van der Waals surface area contributed by atoms with Crippen molar-refractivity contribution in [3.8, 4) is 0 Å². The number of hydrogen-bond acceptors (Lipinski definition) is 3. The highest BCUT2D eigenvalue weighted by atomic mass is 32.2. The molecule has 0 saturated heterocycles. The molecule has 4 nitrogen and oxygen atoms in total. The third-order valence-corrected chi connectivity index (χ3v) is 4.50. The minimum absolute atomic E-state index is 0.00654. The Morgan fingerprint density at radius 2 is 2.05 bits per heavy atom. The lowest BCUT2D eigenvalue weighted by Gasteiger charge is -2.15. The van der Waals surface area contributed by atoms with Gasteiger partial charge < -0.3 is 5.32 Å². The minimum atomic E-state index is -3.58. The van der Waals surface area contributed by atoms with E-state index >= 15 is 0 Å². The van der Waals surface area contributed by atoms with Gasteiger partial charge in [0, 0.05) is 6.54 Å². The lowest BCUT2D eigenvalue weighted by Crippen LogP contribution is -2.35. The first-order chi connectivity index (χ1) is 8.86. The molecule has 0 fully saturated rings. The molecule has 1 aromatic rings. The van der Waals surface area contributed by atoms with E-state index in [0.29, 0.717) is 6.54 Å². The molecule has 0 saturated carbocycles. The van der Waals surface area contributed by atoms with E-state index in [0.717, 1.165) is 18.5 Å². The summed E-state index contributed by atoms with van der Waals surface area (Å²) in [4.78, 5) is 0. The van der Waals surface area contributed by atoms with Crippen LogP contribution in [0.2, 0.25) is 0 Å². The predicted molar refractivity (Wildman–Crippen MR) is 76.3 cm³/mol. The summed E-state index contributed by atoms with van der Waals surface area (Å²) in [5, 5.41) is 2.41. The van der Waals surface area contributed by atoms with Crippen molar-refractivity contribution in [1.29, 1.82) is 0 Å². The Labute approximate surface area is 114 Å². The molecule has 1 unspecified atom stereocenters. The average molecular weight is 288 g/mol. The van der Waals surface area contributed by atoms with Gasteiger partial charge in [-0.15, -0.1) is 0 Å². The number of rotatable bonds is 7. The molecule has 1 rings (SSSR count). The molecule has 2 N–H and O–H groups in total. The molecule has 0 aromatic heterocycles. The maximum absolute atomic E-state index is 13.6. The van der Waals surface area contributed by atoms with Gasteiger partial charge in [-0.3, -0.25) is 4.72 Å². The summed E-state index contributed by atoms with van der Waals surface area (Å²) in [7, 11) is -3.58. The highest BCUT2D eigenvalue weighted by Crippen LogP contribution is 2.18. The molecule has 0 amide bonds. The van der Waals surface area contributed by atoms with Crippen molar-refractivity contribution in [2.45, 2.75) is 32.4 Å². The summed E-state index contributed by atoms with van der Waals surface area (Å²) >= 11 is 0. The molecule has 108 valence electrons. The molecule has 1 atom stereocenters. The maximum atomic E-state index is 13.6. The highest BCUT2D eigenvalue weighted by molar-refractivity contribution is 7.93. The second-order valence-corrected chi connectivity index (χ2v) is 6.74. The lowest BCUT2D eigenvalue weighted by atomic mass is 10.2. The fourth-order valence-corrected chi connectivity index (χ4v) is 2.56. The summed E-state index contributed by atoms with van der Waals surface area (Å²) in [5.41, 5.74) is 0.742. The van der Waals surface area contributed by atoms with Crippen LogP contribution in [0.3, 0.4) is 0 Å². The SMILES string of the molecule is CCCNCC(C)S(=O)(=O)Nc1ccc(C)cc1F. The number of halogens is 1. The van der Waals surface area contributed by atoms with Crippen molar-refractivity contribution >= 4 is 15.7 Å². The highest BCUT2D eigenvalue weighted by Gasteiger charge is 2.21. The van der Waals surface area contributed by atoms with Crippen LogP contribution in [0.1, 0.15) is 25.8 Å². The van der Waals surface area contributed by atoms with Crippen LogP contribution in [-0.4, -0.2) is 26.8 Å². The van der Waals surface area contributed by atoms with Gasteiger partial charge in [0.05, 0.1) is 10.9 Å². The molecule has 19 heavy (non-hydrogen) atoms. The number of hydrogen-bond donors (Lipinski definition) is 2. The van der Waals surface area contributed by atoms with Crippen LogP contribution in [-0.2, 0) is 10.0 Å². The summed E-state index contributed by atoms with van der Waals surface area (Å²) in [6, 6.07) is 4.41. The third kappa shape index (κ3) is 4.80. The summed E-state index contributed by atoms with van der Waals surface area (Å²) in [6.07, 6.45) is 0.937. The van der Waals surface area contributed by atoms with Gasteiger partial charge in [-0.1, -0.05) is 13.0 Å². The zero-order valence-electron chi connectivity index (χ0n) is 11.5. The van der Waals surface area contributed by atoms with Crippen LogP contribution in [0.25, 0.3) is 0 Å². The Kier molecular flexibility index (Phi) is 5.75. The van der Waals surface area contributed by atoms with Gasteiger partial charge in [0.25, 0.3) is 0 Å². The number of anilines is 1. The topological polar surface area (TPSA) is 58.2 Å². The molecule has 6 heteroatoms. The monoisotopic (exact) mass is 288 g/mol. The van der Waals surface area contributed by atoms with Gasteiger partial charge in [-0.2, -0.15) is 0 Å². The Bertz CT molecular complexity index is 517. The normalized spacial score (nSPS) is 13.3. The van der Waals surface area contributed by atoms with Gasteiger partial charge in [-0.05, 0) is 44.5 Å². The number of aryl methyl sites for hydroxylation is 1. The Morgan fingerprint density at radius 3 is 2.63 bits per heavy atom. The second-order valence-electron chi connectivity index (χ2n) is 4.65. The summed E-state index contributed by atoms with van der Waals surface area (Å²) < 4.78 is 39.9. The molecule has 0 aliphatic heterocycles. The molecule has 0 heterocycles. The standard InChI is InChI=1S/C13H21FN2O2S/c1-4-7-15-9-11(3)19(17,18)16-13-6-5-10(2)8-12(13)14/h5-6,8,11,15-16H,4,7,9H2,1-3H3. The van der Waals surface area contributed by atoms with E-state index in [9.17, 15) is 12.8 Å². The van der Waals surface area contributed by atoms with Gasteiger partial charge in [0.1, 0.15) is 5.82 Å². The van der Waals surface area contributed by atoms with Crippen molar-refractivity contribution in [2.75, 3.05) is 17.8 Å². The van der Waals surface area contributed by atoms with Crippen LogP contribution in [0, 0.1) is 12.7 Å². The fraction of sp³-hybridized carbons (Fsp3) is 0.538. The lowest BCUT2D eigenvalue weighted by molar-refractivity contribution is 0.574. The van der Waals surface area contributed by atoms with Gasteiger partial charge >= 0.3 is 0 Å². The largest absolute Gasteiger partial charge is 0.315 e. The van der Waals surface area contributed by atoms with Crippen molar-refractivity contribution < 1.29 is 12.8 Å².